The van der Waals surface area contributed by atoms with Crippen LogP contribution in [0, 0.1) is 0 Å². The molecule has 0 fully saturated rings. The van der Waals surface area contributed by atoms with Crippen LogP contribution in [0.4, 0.5) is 0 Å². The molecule has 88 valence electrons. The van der Waals surface area contributed by atoms with E-state index >= 15 is 0 Å². The minimum absolute atomic E-state index is 0.131. The lowest BCUT2D eigenvalue weighted by atomic mass is 10.1. The molecule has 0 saturated heterocycles. The van der Waals surface area contributed by atoms with Gasteiger partial charge < -0.3 is 14.9 Å². The molecule has 0 aliphatic carbocycles. The van der Waals surface area contributed by atoms with Crippen molar-refractivity contribution in [2.75, 3.05) is 13.7 Å². The molecule has 1 atom stereocenters. The number of hydrogen-bond acceptors (Lipinski definition) is 4. The summed E-state index contributed by atoms with van der Waals surface area (Å²) >= 11 is 0. The zero-order valence-corrected chi connectivity index (χ0v) is 9.77. The molecule has 16 heavy (non-hydrogen) atoms. The number of aromatic hydroxyl groups is 2. The second-order valence-electron chi connectivity index (χ2n) is 3.76. The molecule has 0 heterocycles. The number of methoxy groups -OCH3 is 1. The minimum Gasteiger partial charge on any atom is -0.504 e. The molecular formula is C12H17NO3. The smallest absolute Gasteiger partial charge is 0.157 e. The SMILES string of the molecule is COC(CN=C(C)C)c1ccc(O)c(O)c1. The van der Waals surface area contributed by atoms with Gasteiger partial charge in [-0.1, -0.05) is 6.07 Å². The van der Waals surface area contributed by atoms with Gasteiger partial charge in [0.25, 0.3) is 0 Å². The fourth-order valence-electron chi connectivity index (χ4n) is 1.32. The molecule has 0 aromatic heterocycles. The topological polar surface area (TPSA) is 62.0 Å². The van der Waals surface area contributed by atoms with Gasteiger partial charge in [0, 0.05) is 12.8 Å². The van der Waals surface area contributed by atoms with Crippen LogP contribution in [-0.2, 0) is 4.74 Å². The highest BCUT2D eigenvalue weighted by atomic mass is 16.5. The van der Waals surface area contributed by atoms with Crippen LogP contribution in [0.3, 0.4) is 0 Å². The first-order chi connectivity index (χ1) is 7.54. The fraction of sp³-hybridized carbons (Fsp3) is 0.417. The van der Waals surface area contributed by atoms with Crippen molar-refractivity contribution in [2.45, 2.75) is 20.0 Å². The zero-order valence-electron chi connectivity index (χ0n) is 9.77. The molecule has 0 spiro atoms. The third-order valence-electron chi connectivity index (χ3n) is 2.23. The van der Waals surface area contributed by atoms with E-state index in [1.807, 2.05) is 13.8 Å². The van der Waals surface area contributed by atoms with Gasteiger partial charge in [-0.25, -0.2) is 0 Å². The van der Waals surface area contributed by atoms with E-state index in [1.165, 1.54) is 12.1 Å². The van der Waals surface area contributed by atoms with Gasteiger partial charge in [-0.15, -0.1) is 0 Å². The predicted octanol–water partition coefficient (Wildman–Crippen LogP) is 2.27. The maximum absolute atomic E-state index is 9.38. The lowest BCUT2D eigenvalue weighted by molar-refractivity contribution is 0.110. The molecule has 4 nitrogen and oxygen atoms in total. The Morgan fingerprint density at radius 1 is 1.31 bits per heavy atom. The van der Waals surface area contributed by atoms with Gasteiger partial charge in [0.1, 0.15) is 6.10 Å². The average Bonchev–Trinajstić information content (AvgIpc) is 2.23. The lowest BCUT2D eigenvalue weighted by Gasteiger charge is -2.14. The summed E-state index contributed by atoms with van der Waals surface area (Å²) in [5.41, 5.74) is 1.77. The van der Waals surface area contributed by atoms with Crippen molar-refractivity contribution >= 4 is 5.71 Å². The summed E-state index contributed by atoms with van der Waals surface area (Å²) in [5.74, 6) is -0.273. The van der Waals surface area contributed by atoms with Crippen molar-refractivity contribution in [3.8, 4) is 11.5 Å². The van der Waals surface area contributed by atoms with E-state index in [9.17, 15) is 10.2 Å². The monoisotopic (exact) mass is 223 g/mol. The van der Waals surface area contributed by atoms with Crippen LogP contribution in [0.1, 0.15) is 25.5 Å². The Morgan fingerprint density at radius 2 is 2.00 bits per heavy atom. The van der Waals surface area contributed by atoms with Gasteiger partial charge in [-0.05, 0) is 31.5 Å². The normalized spacial score (nSPS) is 12.2. The summed E-state index contributed by atoms with van der Waals surface area (Å²) in [5, 5.41) is 18.6. The molecule has 2 N–H and O–H groups in total. The molecule has 1 rings (SSSR count). The largest absolute Gasteiger partial charge is 0.504 e. The van der Waals surface area contributed by atoms with Gasteiger partial charge in [-0.3, -0.25) is 4.99 Å². The average molecular weight is 223 g/mol. The second kappa shape index (κ2) is 5.51. The summed E-state index contributed by atoms with van der Waals surface area (Å²) < 4.78 is 5.28. The highest BCUT2D eigenvalue weighted by Crippen LogP contribution is 2.29. The first-order valence-electron chi connectivity index (χ1n) is 5.07. The van der Waals surface area contributed by atoms with Crippen LogP contribution in [0.15, 0.2) is 23.2 Å². The Labute approximate surface area is 95.2 Å². The third-order valence-corrected chi connectivity index (χ3v) is 2.23. The Morgan fingerprint density at radius 3 is 2.50 bits per heavy atom. The van der Waals surface area contributed by atoms with Crippen LogP contribution in [0.25, 0.3) is 0 Å². The molecule has 1 aromatic rings. The van der Waals surface area contributed by atoms with Gasteiger partial charge in [0.2, 0.25) is 0 Å². The Kier molecular flexibility index (Phi) is 4.31. The summed E-state index contributed by atoms with van der Waals surface area (Å²) in [6.07, 6.45) is -0.207. The molecule has 0 aliphatic rings. The van der Waals surface area contributed by atoms with Gasteiger partial charge in [-0.2, -0.15) is 0 Å². The predicted molar refractivity (Wildman–Crippen MR) is 63.2 cm³/mol. The van der Waals surface area contributed by atoms with E-state index in [-0.39, 0.29) is 17.6 Å². The van der Waals surface area contributed by atoms with E-state index in [0.717, 1.165) is 11.3 Å². The van der Waals surface area contributed by atoms with E-state index in [4.69, 9.17) is 4.74 Å². The number of hydrogen-bond donors (Lipinski definition) is 2. The van der Waals surface area contributed by atoms with Crippen LogP contribution >= 0.6 is 0 Å². The van der Waals surface area contributed by atoms with Crippen molar-refractivity contribution < 1.29 is 14.9 Å². The number of benzene rings is 1. The maximum atomic E-state index is 9.38. The number of rotatable bonds is 4. The minimum atomic E-state index is -0.207. The Balaban J connectivity index is 2.87. The summed E-state index contributed by atoms with van der Waals surface area (Å²) in [6.45, 7) is 4.34. The van der Waals surface area contributed by atoms with Crippen LogP contribution < -0.4 is 0 Å². The first kappa shape index (κ1) is 12.5. The number of ether oxygens (including phenoxy) is 1. The first-order valence-corrected chi connectivity index (χ1v) is 5.07. The van der Waals surface area contributed by atoms with Gasteiger partial charge in [0.05, 0.1) is 6.54 Å². The molecule has 0 amide bonds. The van der Waals surface area contributed by atoms with Gasteiger partial charge >= 0.3 is 0 Å². The Hall–Kier alpha value is -1.55. The third kappa shape index (κ3) is 3.24. The highest BCUT2D eigenvalue weighted by Gasteiger charge is 2.11. The molecule has 4 heteroatoms. The maximum Gasteiger partial charge on any atom is 0.157 e. The summed E-state index contributed by atoms with van der Waals surface area (Å²) in [7, 11) is 1.59. The van der Waals surface area contributed by atoms with Crippen molar-refractivity contribution in [3.63, 3.8) is 0 Å². The van der Waals surface area contributed by atoms with E-state index in [0.29, 0.717) is 6.54 Å². The van der Waals surface area contributed by atoms with Crippen LogP contribution in [0.5, 0.6) is 11.5 Å². The van der Waals surface area contributed by atoms with Crippen LogP contribution in [0.2, 0.25) is 0 Å². The number of phenols is 2. The molecule has 1 unspecified atom stereocenters. The van der Waals surface area contributed by atoms with Crippen molar-refractivity contribution in [1.82, 2.24) is 0 Å². The standard InChI is InChI=1S/C12H17NO3/c1-8(2)13-7-12(16-3)9-4-5-10(14)11(15)6-9/h4-6,12,14-15H,7H2,1-3H3. The Bertz CT molecular complexity index is 384. The van der Waals surface area contributed by atoms with Crippen molar-refractivity contribution in [3.05, 3.63) is 23.8 Å². The zero-order chi connectivity index (χ0) is 12.1. The fourth-order valence-corrected chi connectivity index (χ4v) is 1.32. The highest BCUT2D eigenvalue weighted by molar-refractivity contribution is 5.79. The molecule has 0 bridgehead atoms. The molecule has 1 aromatic carbocycles. The number of nitrogens with zero attached hydrogens (tertiary/aromatic N) is 1. The van der Waals surface area contributed by atoms with Gasteiger partial charge in [0.15, 0.2) is 11.5 Å². The summed E-state index contributed by atoms with van der Waals surface area (Å²) in [4.78, 5) is 4.27. The molecule has 0 radical (unpaired) electrons. The van der Waals surface area contributed by atoms with Crippen molar-refractivity contribution in [2.24, 2.45) is 4.99 Å². The molecular weight excluding hydrogens is 206 g/mol. The lowest BCUT2D eigenvalue weighted by Crippen LogP contribution is -2.06. The van der Waals surface area contributed by atoms with Crippen LogP contribution in [-0.4, -0.2) is 29.6 Å². The quantitative estimate of drug-likeness (QED) is 0.608. The van der Waals surface area contributed by atoms with E-state index in [1.54, 1.807) is 13.2 Å². The van der Waals surface area contributed by atoms with E-state index < -0.39 is 0 Å². The number of aliphatic imine (C=N–C) groups is 1. The van der Waals surface area contributed by atoms with Crippen molar-refractivity contribution in [1.29, 1.82) is 0 Å². The van der Waals surface area contributed by atoms with E-state index in [2.05, 4.69) is 4.99 Å². The number of phenolic OH excluding ortho intramolecular Hbond substituents is 2. The second-order valence-corrected chi connectivity index (χ2v) is 3.76. The summed E-state index contributed by atoms with van der Waals surface area (Å²) in [6, 6.07) is 4.65. The molecule has 0 aliphatic heterocycles. The molecule has 0 saturated carbocycles.